The standard InChI is InChI=1S/C11H17NO2/c1-3-14-8-11(12)9-4-6-10(13-2)7-5-9/h4-7,11H,3,8,12H2,1-2H3/t11-/m1/s1. The molecule has 0 saturated heterocycles. The molecule has 0 aliphatic heterocycles. The minimum absolute atomic E-state index is 0.0548. The largest absolute Gasteiger partial charge is 0.497 e. The van der Waals surface area contributed by atoms with Crippen molar-refractivity contribution in [2.45, 2.75) is 13.0 Å². The van der Waals surface area contributed by atoms with E-state index in [4.69, 9.17) is 15.2 Å². The van der Waals surface area contributed by atoms with E-state index in [1.54, 1.807) is 7.11 Å². The van der Waals surface area contributed by atoms with Gasteiger partial charge in [0.05, 0.1) is 19.8 Å². The number of ether oxygens (including phenoxy) is 2. The van der Waals surface area contributed by atoms with E-state index in [1.807, 2.05) is 31.2 Å². The maximum atomic E-state index is 5.91. The molecule has 0 aromatic heterocycles. The van der Waals surface area contributed by atoms with Gasteiger partial charge < -0.3 is 15.2 Å². The molecule has 0 heterocycles. The maximum Gasteiger partial charge on any atom is 0.118 e. The highest BCUT2D eigenvalue weighted by Gasteiger charge is 2.05. The predicted molar refractivity (Wildman–Crippen MR) is 56.4 cm³/mol. The molecular weight excluding hydrogens is 178 g/mol. The van der Waals surface area contributed by atoms with Gasteiger partial charge >= 0.3 is 0 Å². The van der Waals surface area contributed by atoms with Gasteiger partial charge in [-0.2, -0.15) is 0 Å². The SMILES string of the molecule is CCOC[C@@H](N)c1ccc(OC)cc1. The van der Waals surface area contributed by atoms with Gasteiger partial charge in [0, 0.05) is 6.61 Å². The van der Waals surface area contributed by atoms with E-state index >= 15 is 0 Å². The molecule has 1 aromatic carbocycles. The first-order valence-electron chi connectivity index (χ1n) is 4.75. The normalized spacial score (nSPS) is 12.5. The average Bonchev–Trinajstić information content (AvgIpc) is 2.26. The van der Waals surface area contributed by atoms with Crippen molar-refractivity contribution in [3.63, 3.8) is 0 Å². The zero-order chi connectivity index (χ0) is 10.4. The predicted octanol–water partition coefficient (Wildman–Crippen LogP) is 1.73. The molecule has 3 heteroatoms. The van der Waals surface area contributed by atoms with Gasteiger partial charge in [0.25, 0.3) is 0 Å². The molecule has 1 rings (SSSR count). The molecule has 0 aliphatic carbocycles. The fourth-order valence-corrected chi connectivity index (χ4v) is 1.19. The molecule has 0 amide bonds. The molecule has 14 heavy (non-hydrogen) atoms. The van der Waals surface area contributed by atoms with Crippen LogP contribution in [0.15, 0.2) is 24.3 Å². The van der Waals surface area contributed by atoms with Gasteiger partial charge in [-0.15, -0.1) is 0 Å². The summed E-state index contributed by atoms with van der Waals surface area (Å²) in [5.41, 5.74) is 6.98. The first kappa shape index (κ1) is 11.0. The zero-order valence-electron chi connectivity index (χ0n) is 8.69. The van der Waals surface area contributed by atoms with Gasteiger partial charge in [-0.25, -0.2) is 0 Å². The highest BCUT2D eigenvalue weighted by atomic mass is 16.5. The third-order valence-electron chi connectivity index (χ3n) is 2.05. The lowest BCUT2D eigenvalue weighted by atomic mass is 10.1. The summed E-state index contributed by atoms with van der Waals surface area (Å²) in [4.78, 5) is 0. The van der Waals surface area contributed by atoms with Crippen LogP contribution < -0.4 is 10.5 Å². The second kappa shape index (κ2) is 5.62. The molecular formula is C11H17NO2. The Labute approximate surface area is 84.8 Å². The monoisotopic (exact) mass is 195 g/mol. The molecule has 0 saturated carbocycles. The van der Waals surface area contributed by atoms with E-state index in [0.29, 0.717) is 13.2 Å². The van der Waals surface area contributed by atoms with Crippen LogP contribution in [0.4, 0.5) is 0 Å². The van der Waals surface area contributed by atoms with E-state index in [0.717, 1.165) is 11.3 Å². The number of rotatable bonds is 5. The van der Waals surface area contributed by atoms with Crippen LogP contribution >= 0.6 is 0 Å². The van der Waals surface area contributed by atoms with E-state index in [-0.39, 0.29) is 6.04 Å². The van der Waals surface area contributed by atoms with E-state index in [2.05, 4.69) is 0 Å². The molecule has 0 bridgehead atoms. The van der Waals surface area contributed by atoms with Crippen molar-refractivity contribution in [1.82, 2.24) is 0 Å². The maximum absolute atomic E-state index is 5.91. The third kappa shape index (κ3) is 3.01. The molecule has 0 spiro atoms. The molecule has 0 unspecified atom stereocenters. The number of nitrogens with two attached hydrogens (primary N) is 1. The minimum Gasteiger partial charge on any atom is -0.497 e. The van der Waals surface area contributed by atoms with Crippen molar-refractivity contribution in [2.75, 3.05) is 20.3 Å². The fraction of sp³-hybridized carbons (Fsp3) is 0.455. The Hall–Kier alpha value is -1.06. The summed E-state index contributed by atoms with van der Waals surface area (Å²) in [5, 5.41) is 0. The van der Waals surface area contributed by atoms with Gasteiger partial charge in [0.2, 0.25) is 0 Å². The Kier molecular flexibility index (Phi) is 4.43. The summed E-state index contributed by atoms with van der Waals surface area (Å²) in [6.45, 7) is 3.22. The number of hydrogen-bond donors (Lipinski definition) is 1. The van der Waals surface area contributed by atoms with Crippen LogP contribution in [-0.2, 0) is 4.74 Å². The lowest BCUT2D eigenvalue weighted by molar-refractivity contribution is 0.133. The van der Waals surface area contributed by atoms with Gasteiger partial charge in [-0.1, -0.05) is 12.1 Å². The van der Waals surface area contributed by atoms with Crippen LogP contribution in [-0.4, -0.2) is 20.3 Å². The van der Waals surface area contributed by atoms with Gasteiger partial charge in [0.1, 0.15) is 5.75 Å². The second-order valence-corrected chi connectivity index (χ2v) is 3.04. The average molecular weight is 195 g/mol. The summed E-state index contributed by atoms with van der Waals surface area (Å²) in [5.74, 6) is 0.845. The van der Waals surface area contributed by atoms with E-state index in [9.17, 15) is 0 Å². The van der Waals surface area contributed by atoms with Crippen molar-refractivity contribution in [2.24, 2.45) is 5.73 Å². The molecule has 3 nitrogen and oxygen atoms in total. The third-order valence-corrected chi connectivity index (χ3v) is 2.05. The Bertz CT molecular complexity index is 258. The minimum atomic E-state index is -0.0548. The first-order valence-corrected chi connectivity index (χ1v) is 4.75. The van der Waals surface area contributed by atoms with Gasteiger partial charge in [-0.05, 0) is 24.6 Å². The molecule has 0 fully saturated rings. The molecule has 78 valence electrons. The lowest BCUT2D eigenvalue weighted by Gasteiger charge is -2.12. The van der Waals surface area contributed by atoms with Gasteiger partial charge in [0.15, 0.2) is 0 Å². The van der Waals surface area contributed by atoms with Crippen LogP contribution in [0.3, 0.4) is 0 Å². The highest BCUT2D eigenvalue weighted by molar-refractivity contribution is 5.28. The van der Waals surface area contributed by atoms with Crippen LogP contribution in [0.1, 0.15) is 18.5 Å². The van der Waals surface area contributed by atoms with Crippen molar-refractivity contribution >= 4 is 0 Å². The summed E-state index contributed by atoms with van der Waals surface area (Å²) in [6.07, 6.45) is 0. The summed E-state index contributed by atoms with van der Waals surface area (Å²) in [6, 6.07) is 7.67. The lowest BCUT2D eigenvalue weighted by Crippen LogP contribution is -2.16. The molecule has 1 aromatic rings. The quantitative estimate of drug-likeness (QED) is 0.778. The molecule has 1 atom stereocenters. The second-order valence-electron chi connectivity index (χ2n) is 3.04. The summed E-state index contributed by atoms with van der Waals surface area (Å²) >= 11 is 0. The molecule has 2 N–H and O–H groups in total. The van der Waals surface area contributed by atoms with Crippen molar-refractivity contribution in [1.29, 1.82) is 0 Å². The van der Waals surface area contributed by atoms with Crippen molar-refractivity contribution in [3.8, 4) is 5.75 Å². The van der Waals surface area contributed by atoms with E-state index in [1.165, 1.54) is 0 Å². The number of benzene rings is 1. The van der Waals surface area contributed by atoms with Crippen molar-refractivity contribution in [3.05, 3.63) is 29.8 Å². The van der Waals surface area contributed by atoms with Crippen molar-refractivity contribution < 1.29 is 9.47 Å². The van der Waals surface area contributed by atoms with Crippen LogP contribution in [0.2, 0.25) is 0 Å². The summed E-state index contributed by atoms with van der Waals surface area (Å²) in [7, 11) is 1.65. The van der Waals surface area contributed by atoms with Gasteiger partial charge in [-0.3, -0.25) is 0 Å². The van der Waals surface area contributed by atoms with Crippen LogP contribution in [0.25, 0.3) is 0 Å². The fourth-order valence-electron chi connectivity index (χ4n) is 1.19. The summed E-state index contributed by atoms with van der Waals surface area (Å²) < 4.78 is 10.3. The Morgan fingerprint density at radius 2 is 1.93 bits per heavy atom. The smallest absolute Gasteiger partial charge is 0.118 e. The zero-order valence-corrected chi connectivity index (χ0v) is 8.69. The molecule has 0 aliphatic rings. The topological polar surface area (TPSA) is 44.5 Å². The van der Waals surface area contributed by atoms with Crippen LogP contribution in [0, 0.1) is 0 Å². The first-order chi connectivity index (χ1) is 6.77. The molecule has 0 radical (unpaired) electrons. The Balaban J connectivity index is 2.57. The van der Waals surface area contributed by atoms with E-state index < -0.39 is 0 Å². The Morgan fingerprint density at radius 3 is 2.43 bits per heavy atom. The number of hydrogen-bond acceptors (Lipinski definition) is 3. The van der Waals surface area contributed by atoms with Crippen LogP contribution in [0.5, 0.6) is 5.75 Å². The Morgan fingerprint density at radius 1 is 1.29 bits per heavy atom. The number of methoxy groups -OCH3 is 1. The highest BCUT2D eigenvalue weighted by Crippen LogP contribution is 2.16.